The van der Waals surface area contributed by atoms with Crippen LogP contribution in [0.3, 0.4) is 0 Å². The number of esters is 1. The largest absolute Gasteiger partial charge is 0.466 e. The highest BCUT2D eigenvalue weighted by molar-refractivity contribution is 5.76. The van der Waals surface area contributed by atoms with Gasteiger partial charge in [0.25, 0.3) is 0 Å². The van der Waals surface area contributed by atoms with Gasteiger partial charge in [0.2, 0.25) is 0 Å². The minimum absolute atomic E-state index is 0.136. The number of fused-ring (bicyclic) bond motifs is 4. The van der Waals surface area contributed by atoms with Gasteiger partial charge in [-0.3, -0.25) is 4.79 Å². The first kappa shape index (κ1) is 11.5. The van der Waals surface area contributed by atoms with Crippen molar-refractivity contribution in [1.82, 2.24) is 0 Å². The van der Waals surface area contributed by atoms with E-state index in [1.54, 1.807) is 0 Å². The molecule has 0 N–H and O–H groups in total. The molecular formula is C17H14O3. The lowest BCUT2D eigenvalue weighted by molar-refractivity contribution is -0.149. The maximum Gasteiger partial charge on any atom is 0.307 e. The van der Waals surface area contributed by atoms with Crippen molar-refractivity contribution in [3.05, 3.63) is 59.7 Å². The molecule has 0 unspecified atom stereocenters. The third kappa shape index (κ3) is 1.49. The molecule has 2 aliphatic heterocycles. The topological polar surface area (TPSA) is 35.5 Å². The van der Waals surface area contributed by atoms with Crippen molar-refractivity contribution in [2.24, 2.45) is 0 Å². The molecule has 0 atom stereocenters. The standard InChI is InChI=1S/C17H14O3/c18-16-11-17(9-10-19-16)12-5-1-3-7-14(12)20-15-8-4-2-6-13(15)17/h1-8H,9-11H2. The van der Waals surface area contributed by atoms with Crippen molar-refractivity contribution in [2.75, 3.05) is 6.61 Å². The Bertz CT molecular complexity index is 645. The molecule has 2 aromatic carbocycles. The third-order valence-electron chi connectivity index (χ3n) is 4.26. The Morgan fingerprint density at radius 2 is 1.50 bits per heavy atom. The Labute approximate surface area is 117 Å². The van der Waals surface area contributed by atoms with Gasteiger partial charge in [-0.05, 0) is 18.6 Å². The summed E-state index contributed by atoms with van der Waals surface area (Å²) in [6.07, 6.45) is 1.18. The highest BCUT2D eigenvalue weighted by Gasteiger charge is 2.45. The van der Waals surface area contributed by atoms with Gasteiger partial charge in [0.05, 0.1) is 13.0 Å². The van der Waals surface area contributed by atoms with Crippen molar-refractivity contribution in [3.63, 3.8) is 0 Å². The Hall–Kier alpha value is -2.29. The van der Waals surface area contributed by atoms with E-state index in [9.17, 15) is 4.79 Å². The van der Waals surface area contributed by atoms with E-state index in [4.69, 9.17) is 9.47 Å². The van der Waals surface area contributed by atoms with Crippen LogP contribution < -0.4 is 4.74 Å². The molecule has 2 heterocycles. The van der Waals surface area contributed by atoms with Crippen molar-refractivity contribution in [2.45, 2.75) is 18.3 Å². The first-order chi connectivity index (χ1) is 9.79. The van der Waals surface area contributed by atoms with Gasteiger partial charge in [-0.2, -0.15) is 0 Å². The SMILES string of the molecule is O=C1CC2(CCO1)c1ccccc1Oc1ccccc12. The monoisotopic (exact) mass is 266 g/mol. The molecule has 100 valence electrons. The van der Waals surface area contributed by atoms with Gasteiger partial charge in [-0.1, -0.05) is 36.4 Å². The molecule has 0 radical (unpaired) electrons. The number of benzene rings is 2. The van der Waals surface area contributed by atoms with Gasteiger partial charge in [-0.15, -0.1) is 0 Å². The van der Waals surface area contributed by atoms with Gasteiger partial charge in [0.1, 0.15) is 11.5 Å². The van der Waals surface area contributed by atoms with E-state index in [1.165, 1.54) is 0 Å². The molecule has 0 aliphatic carbocycles. The van der Waals surface area contributed by atoms with E-state index < -0.39 is 0 Å². The van der Waals surface area contributed by atoms with Crippen LogP contribution in [0, 0.1) is 0 Å². The molecule has 0 aromatic heterocycles. The van der Waals surface area contributed by atoms with E-state index in [2.05, 4.69) is 12.1 Å². The summed E-state index contributed by atoms with van der Waals surface area (Å²) in [5, 5.41) is 0. The van der Waals surface area contributed by atoms with Crippen LogP contribution in [0.5, 0.6) is 11.5 Å². The van der Waals surface area contributed by atoms with Crippen molar-refractivity contribution < 1.29 is 14.3 Å². The lowest BCUT2D eigenvalue weighted by Gasteiger charge is -2.41. The Kier molecular flexibility index (Phi) is 2.36. The molecule has 0 saturated carbocycles. The number of cyclic esters (lactones) is 1. The number of carbonyl (C=O) groups is 1. The number of rotatable bonds is 0. The second-order valence-corrected chi connectivity index (χ2v) is 5.32. The zero-order chi connectivity index (χ0) is 13.6. The van der Waals surface area contributed by atoms with E-state index >= 15 is 0 Å². The first-order valence-electron chi connectivity index (χ1n) is 6.82. The maximum absolute atomic E-state index is 11.9. The van der Waals surface area contributed by atoms with Gasteiger partial charge in [0.15, 0.2) is 0 Å². The van der Waals surface area contributed by atoms with Gasteiger partial charge in [-0.25, -0.2) is 0 Å². The third-order valence-corrected chi connectivity index (χ3v) is 4.26. The van der Waals surface area contributed by atoms with Crippen LogP contribution in [-0.2, 0) is 14.9 Å². The molecule has 2 aliphatic rings. The average Bonchev–Trinajstić information content (AvgIpc) is 2.48. The summed E-state index contributed by atoms with van der Waals surface area (Å²) in [4.78, 5) is 11.9. The Morgan fingerprint density at radius 3 is 2.10 bits per heavy atom. The highest BCUT2D eigenvalue weighted by atomic mass is 16.5. The van der Waals surface area contributed by atoms with Crippen LogP contribution >= 0.6 is 0 Å². The lowest BCUT2D eigenvalue weighted by Crippen LogP contribution is -2.39. The molecular weight excluding hydrogens is 252 g/mol. The molecule has 1 fully saturated rings. The fraction of sp³-hybridized carbons (Fsp3) is 0.235. The summed E-state index contributed by atoms with van der Waals surface area (Å²) < 4.78 is 11.1. The number of ether oxygens (including phenoxy) is 2. The van der Waals surface area contributed by atoms with Crippen LogP contribution in [0.15, 0.2) is 48.5 Å². The van der Waals surface area contributed by atoms with Crippen LogP contribution in [0.2, 0.25) is 0 Å². The number of hydrogen-bond acceptors (Lipinski definition) is 3. The van der Waals surface area contributed by atoms with Crippen molar-refractivity contribution in [1.29, 1.82) is 0 Å². The van der Waals surface area contributed by atoms with E-state index in [-0.39, 0.29) is 11.4 Å². The summed E-state index contributed by atoms with van der Waals surface area (Å²) in [5.74, 6) is 1.56. The average molecular weight is 266 g/mol. The first-order valence-corrected chi connectivity index (χ1v) is 6.82. The highest BCUT2D eigenvalue weighted by Crippen LogP contribution is 2.52. The van der Waals surface area contributed by atoms with Crippen LogP contribution in [-0.4, -0.2) is 12.6 Å². The second kappa shape index (κ2) is 4.10. The van der Waals surface area contributed by atoms with Gasteiger partial charge >= 0.3 is 5.97 Å². The molecule has 2 aromatic rings. The minimum Gasteiger partial charge on any atom is -0.466 e. The molecule has 4 rings (SSSR count). The van der Waals surface area contributed by atoms with Crippen molar-refractivity contribution >= 4 is 5.97 Å². The predicted octanol–water partition coefficient (Wildman–Crippen LogP) is 3.42. The van der Waals surface area contributed by atoms with Crippen molar-refractivity contribution in [3.8, 4) is 11.5 Å². The summed E-state index contributed by atoms with van der Waals surface area (Å²) >= 11 is 0. The molecule has 0 amide bonds. The number of carbonyl (C=O) groups excluding carboxylic acids is 1. The predicted molar refractivity (Wildman–Crippen MR) is 73.9 cm³/mol. The summed E-state index contributed by atoms with van der Waals surface area (Å²) in [6.45, 7) is 0.460. The van der Waals surface area contributed by atoms with Crippen LogP contribution in [0.1, 0.15) is 24.0 Å². The lowest BCUT2D eigenvalue weighted by atomic mass is 9.67. The fourth-order valence-corrected chi connectivity index (χ4v) is 3.35. The quantitative estimate of drug-likeness (QED) is 0.685. The van der Waals surface area contributed by atoms with E-state index in [0.717, 1.165) is 29.0 Å². The van der Waals surface area contributed by atoms with E-state index in [0.29, 0.717) is 13.0 Å². The van der Waals surface area contributed by atoms with Crippen LogP contribution in [0.4, 0.5) is 0 Å². The van der Waals surface area contributed by atoms with Gasteiger partial charge < -0.3 is 9.47 Å². The normalized spacial score (nSPS) is 18.7. The zero-order valence-corrected chi connectivity index (χ0v) is 11.0. The molecule has 3 heteroatoms. The number of hydrogen-bond donors (Lipinski definition) is 0. The Balaban J connectivity index is 1.99. The zero-order valence-electron chi connectivity index (χ0n) is 11.0. The smallest absolute Gasteiger partial charge is 0.307 e. The number of para-hydroxylation sites is 2. The van der Waals surface area contributed by atoms with E-state index in [1.807, 2.05) is 36.4 Å². The maximum atomic E-state index is 11.9. The molecule has 20 heavy (non-hydrogen) atoms. The summed E-state index contributed by atoms with van der Waals surface area (Å²) in [6, 6.07) is 16.0. The van der Waals surface area contributed by atoms with Gasteiger partial charge in [0, 0.05) is 16.5 Å². The summed E-state index contributed by atoms with van der Waals surface area (Å²) in [7, 11) is 0. The molecule has 1 saturated heterocycles. The van der Waals surface area contributed by atoms with Crippen LogP contribution in [0.25, 0.3) is 0 Å². The summed E-state index contributed by atoms with van der Waals surface area (Å²) in [5.41, 5.74) is 1.88. The molecule has 1 spiro atoms. The molecule has 0 bridgehead atoms. The minimum atomic E-state index is -0.305. The fourth-order valence-electron chi connectivity index (χ4n) is 3.35. The second-order valence-electron chi connectivity index (χ2n) is 5.32. The Morgan fingerprint density at radius 1 is 0.900 bits per heavy atom. The molecule has 3 nitrogen and oxygen atoms in total.